The average Bonchev–Trinajstić information content (AvgIpc) is 2.56. The van der Waals surface area contributed by atoms with E-state index in [1.54, 1.807) is 18.3 Å². The number of nitrogens with zero attached hydrogens (tertiary/aromatic N) is 1. The summed E-state index contributed by atoms with van der Waals surface area (Å²) in [4.78, 5) is 11.9. The Kier molecular flexibility index (Phi) is 4.01. The monoisotopic (exact) mass is 292 g/mol. The molecular weight excluding hydrogens is 276 g/mol. The largest absolute Gasteiger partial charge is 0.485 e. The second kappa shape index (κ2) is 6.26. The molecule has 22 heavy (non-hydrogen) atoms. The predicted molar refractivity (Wildman–Crippen MR) is 86.9 cm³/mol. The van der Waals surface area contributed by atoms with Gasteiger partial charge in [-0.1, -0.05) is 36.4 Å². The lowest BCUT2D eigenvalue weighted by molar-refractivity contribution is 0.0955. The van der Waals surface area contributed by atoms with E-state index >= 15 is 0 Å². The lowest BCUT2D eigenvalue weighted by Gasteiger charge is -2.22. The smallest absolute Gasteiger partial charge is 0.271 e. The zero-order valence-corrected chi connectivity index (χ0v) is 12.2. The van der Waals surface area contributed by atoms with Gasteiger partial charge < -0.3 is 4.74 Å². The summed E-state index contributed by atoms with van der Waals surface area (Å²) in [5, 5.41) is 4.02. The van der Waals surface area contributed by atoms with Crippen molar-refractivity contribution in [1.82, 2.24) is 5.43 Å². The van der Waals surface area contributed by atoms with Crippen molar-refractivity contribution in [2.24, 2.45) is 5.10 Å². The Morgan fingerprint density at radius 2 is 1.86 bits per heavy atom. The van der Waals surface area contributed by atoms with E-state index in [2.05, 4.69) is 10.5 Å². The third-order valence-electron chi connectivity index (χ3n) is 3.43. The first-order valence-electron chi connectivity index (χ1n) is 7.10. The van der Waals surface area contributed by atoms with Gasteiger partial charge in [-0.15, -0.1) is 0 Å². The van der Waals surface area contributed by atoms with Crippen LogP contribution in [0.1, 0.15) is 22.8 Å². The third-order valence-corrected chi connectivity index (χ3v) is 3.43. The zero-order chi connectivity index (χ0) is 15.4. The molecule has 3 rings (SSSR count). The predicted octanol–water partition coefficient (Wildman–Crippen LogP) is 3.27. The number of para-hydroxylation sites is 1. The van der Waals surface area contributed by atoms with Gasteiger partial charge in [-0.3, -0.25) is 4.79 Å². The van der Waals surface area contributed by atoms with Crippen molar-refractivity contribution in [3.63, 3.8) is 0 Å². The first kappa shape index (κ1) is 14.1. The summed E-state index contributed by atoms with van der Waals surface area (Å²) in [6.07, 6.45) is 3.54. The van der Waals surface area contributed by atoms with Gasteiger partial charge in [0.25, 0.3) is 5.91 Å². The molecule has 1 unspecified atom stereocenters. The molecule has 0 radical (unpaired) electrons. The molecule has 0 aliphatic carbocycles. The second-order valence-corrected chi connectivity index (χ2v) is 5.01. The first-order chi connectivity index (χ1) is 10.7. The number of nitrogens with one attached hydrogen (secondary N) is 1. The van der Waals surface area contributed by atoms with Gasteiger partial charge in [-0.05, 0) is 31.2 Å². The van der Waals surface area contributed by atoms with Crippen LogP contribution in [0.15, 0.2) is 65.3 Å². The molecule has 0 bridgehead atoms. The van der Waals surface area contributed by atoms with Gasteiger partial charge in [0.1, 0.15) is 11.9 Å². The number of hydrogen-bond acceptors (Lipinski definition) is 3. The number of rotatable bonds is 3. The maximum Gasteiger partial charge on any atom is 0.271 e. The SMILES string of the molecule is CC1Oc2ccccc2C=C1/C=N/NC(=O)c1ccccc1. The second-order valence-electron chi connectivity index (χ2n) is 5.01. The number of carbonyl (C=O) groups excluding carboxylic acids is 1. The Balaban J connectivity index is 1.71. The van der Waals surface area contributed by atoms with Crippen molar-refractivity contribution in [1.29, 1.82) is 0 Å². The Hall–Kier alpha value is -2.88. The topological polar surface area (TPSA) is 50.7 Å². The highest BCUT2D eigenvalue weighted by Gasteiger charge is 2.16. The molecule has 0 aromatic heterocycles. The maximum absolute atomic E-state index is 11.9. The molecule has 2 aromatic rings. The Morgan fingerprint density at radius 1 is 1.14 bits per heavy atom. The van der Waals surface area contributed by atoms with E-state index in [1.807, 2.05) is 55.5 Å². The molecular formula is C18H16N2O2. The van der Waals surface area contributed by atoms with Gasteiger partial charge in [0, 0.05) is 16.7 Å². The van der Waals surface area contributed by atoms with Crippen LogP contribution in [0.25, 0.3) is 6.08 Å². The Bertz CT molecular complexity index is 736. The highest BCUT2D eigenvalue weighted by atomic mass is 16.5. The van der Waals surface area contributed by atoms with Gasteiger partial charge in [0.15, 0.2) is 0 Å². The molecule has 4 heteroatoms. The molecule has 1 heterocycles. The molecule has 1 atom stereocenters. The summed E-state index contributed by atoms with van der Waals surface area (Å²) >= 11 is 0. The fourth-order valence-corrected chi connectivity index (χ4v) is 2.22. The molecule has 4 nitrogen and oxygen atoms in total. The van der Waals surface area contributed by atoms with Gasteiger partial charge in [0.05, 0.1) is 6.21 Å². The van der Waals surface area contributed by atoms with Gasteiger partial charge >= 0.3 is 0 Å². The zero-order valence-electron chi connectivity index (χ0n) is 12.2. The van der Waals surface area contributed by atoms with Gasteiger partial charge in [-0.2, -0.15) is 5.10 Å². The van der Waals surface area contributed by atoms with E-state index < -0.39 is 0 Å². The molecule has 2 aromatic carbocycles. The van der Waals surface area contributed by atoms with E-state index in [9.17, 15) is 4.79 Å². The average molecular weight is 292 g/mol. The van der Waals surface area contributed by atoms with Crippen LogP contribution in [0.5, 0.6) is 5.75 Å². The summed E-state index contributed by atoms with van der Waals surface area (Å²) in [6.45, 7) is 1.95. The summed E-state index contributed by atoms with van der Waals surface area (Å²) < 4.78 is 5.81. The van der Waals surface area contributed by atoms with E-state index in [0.717, 1.165) is 16.9 Å². The summed E-state index contributed by atoms with van der Waals surface area (Å²) in [6, 6.07) is 16.8. The van der Waals surface area contributed by atoms with Crippen molar-refractivity contribution in [3.05, 3.63) is 71.3 Å². The number of carbonyl (C=O) groups is 1. The number of ether oxygens (including phenoxy) is 1. The summed E-state index contributed by atoms with van der Waals surface area (Å²) in [5.41, 5.74) is 5.02. The van der Waals surface area contributed by atoms with Crippen LogP contribution in [0, 0.1) is 0 Å². The highest BCUT2D eigenvalue weighted by molar-refractivity contribution is 5.95. The molecule has 1 N–H and O–H groups in total. The Labute approximate surface area is 129 Å². The molecule has 0 fully saturated rings. The van der Waals surface area contributed by atoms with Gasteiger partial charge in [0.2, 0.25) is 0 Å². The van der Waals surface area contributed by atoms with Crippen LogP contribution in [0.2, 0.25) is 0 Å². The molecule has 0 saturated carbocycles. The fraction of sp³-hybridized carbons (Fsp3) is 0.111. The number of fused-ring (bicyclic) bond motifs is 1. The lowest BCUT2D eigenvalue weighted by Crippen LogP contribution is -2.22. The normalized spacial score (nSPS) is 16.6. The van der Waals surface area contributed by atoms with Crippen LogP contribution in [0.3, 0.4) is 0 Å². The molecule has 0 spiro atoms. The van der Waals surface area contributed by atoms with Crippen molar-refractivity contribution in [3.8, 4) is 5.75 Å². The molecule has 0 saturated heterocycles. The van der Waals surface area contributed by atoms with Crippen molar-refractivity contribution in [2.45, 2.75) is 13.0 Å². The third kappa shape index (κ3) is 3.06. The van der Waals surface area contributed by atoms with E-state index in [0.29, 0.717) is 5.56 Å². The van der Waals surface area contributed by atoms with Crippen LogP contribution < -0.4 is 10.2 Å². The standard InChI is InChI=1S/C18H16N2O2/c1-13-16(11-15-9-5-6-10-17(15)22-13)12-19-20-18(21)14-7-3-2-4-8-14/h2-13H,1H3,(H,20,21)/b19-12+. The van der Waals surface area contributed by atoms with Gasteiger partial charge in [-0.25, -0.2) is 5.43 Å². The van der Waals surface area contributed by atoms with E-state index in [4.69, 9.17) is 4.74 Å². The minimum atomic E-state index is -0.234. The van der Waals surface area contributed by atoms with E-state index in [-0.39, 0.29) is 12.0 Å². The molecule has 1 aliphatic rings. The van der Waals surface area contributed by atoms with E-state index in [1.165, 1.54) is 0 Å². The van der Waals surface area contributed by atoms with Crippen LogP contribution in [-0.4, -0.2) is 18.2 Å². The van der Waals surface area contributed by atoms with Crippen molar-refractivity contribution in [2.75, 3.05) is 0 Å². The number of benzene rings is 2. The fourth-order valence-electron chi connectivity index (χ4n) is 2.22. The Morgan fingerprint density at radius 3 is 2.68 bits per heavy atom. The van der Waals surface area contributed by atoms with Crippen molar-refractivity contribution < 1.29 is 9.53 Å². The summed E-state index contributed by atoms with van der Waals surface area (Å²) in [7, 11) is 0. The van der Waals surface area contributed by atoms with Crippen LogP contribution in [-0.2, 0) is 0 Å². The van der Waals surface area contributed by atoms with Crippen LogP contribution in [0.4, 0.5) is 0 Å². The molecule has 1 aliphatic heterocycles. The quantitative estimate of drug-likeness (QED) is 0.697. The number of amides is 1. The highest BCUT2D eigenvalue weighted by Crippen LogP contribution is 2.28. The summed E-state index contributed by atoms with van der Waals surface area (Å²) in [5.74, 6) is 0.628. The van der Waals surface area contributed by atoms with Crippen LogP contribution >= 0.6 is 0 Å². The molecule has 1 amide bonds. The minimum absolute atomic E-state index is 0.104. The molecule has 110 valence electrons. The lowest BCUT2D eigenvalue weighted by atomic mass is 10.0. The number of hydrazone groups is 1. The maximum atomic E-state index is 11.9. The number of hydrogen-bond donors (Lipinski definition) is 1. The minimum Gasteiger partial charge on any atom is -0.485 e. The van der Waals surface area contributed by atoms with Crippen molar-refractivity contribution >= 4 is 18.2 Å². The first-order valence-corrected chi connectivity index (χ1v) is 7.10.